The summed E-state index contributed by atoms with van der Waals surface area (Å²) in [5.74, 6) is 0.588. The lowest BCUT2D eigenvalue weighted by Crippen LogP contribution is -2.48. The largest absolute Gasteiger partial charge is 0.488 e. The summed E-state index contributed by atoms with van der Waals surface area (Å²) in [5, 5.41) is 10.2. The van der Waals surface area contributed by atoms with Crippen LogP contribution < -0.4 is 15.2 Å². The van der Waals surface area contributed by atoms with E-state index in [4.69, 9.17) is 32.7 Å². The van der Waals surface area contributed by atoms with Crippen molar-refractivity contribution in [2.75, 3.05) is 6.61 Å². The number of halogens is 2. The molecule has 0 saturated heterocycles. The summed E-state index contributed by atoms with van der Waals surface area (Å²) in [5.41, 5.74) is 7.67. The fraction of sp³-hybridized carbons (Fsp3) is 0.214. The maximum atomic E-state index is 13.1. The van der Waals surface area contributed by atoms with E-state index in [1.54, 1.807) is 36.4 Å². The van der Waals surface area contributed by atoms with E-state index in [1.807, 2.05) is 12.1 Å². The van der Waals surface area contributed by atoms with Gasteiger partial charge in [0.1, 0.15) is 29.6 Å². The number of quaternary nitrogens is 1. The molecule has 1 fully saturated rings. The number of ketones is 1. The Balaban J connectivity index is 1.43. The van der Waals surface area contributed by atoms with Crippen LogP contribution in [0.5, 0.6) is 17.2 Å². The Hall–Kier alpha value is -3.32. The lowest BCUT2D eigenvalue weighted by molar-refractivity contribution is -0.245. The van der Waals surface area contributed by atoms with Crippen LogP contribution in [0.1, 0.15) is 39.9 Å². The number of hydrogen-bond donors (Lipinski definition) is 2. The third-order valence-corrected chi connectivity index (χ3v) is 7.12. The van der Waals surface area contributed by atoms with E-state index >= 15 is 0 Å². The van der Waals surface area contributed by atoms with Gasteiger partial charge in [0.25, 0.3) is 0 Å². The third kappa shape index (κ3) is 4.98. The molecule has 36 heavy (non-hydrogen) atoms. The van der Waals surface area contributed by atoms with Gasteiger partial charge in [-0.15, -0.1) is 0 Å². The van der Waals surface area contributed by atoms with Gasteiger partial charge in [-0.3, -0.25) is 4.79 Å². The molecule has 0 atom stereocenters. The normalized spacial score (nSPS) is 15.1. The van der Waals surface area contributed by atoms with Crippen LogP contribution in [-0.2, 0) is 17.6 Å². The van der Waals surface area contributed by atoms with Crippen LogP contribution in [0.2, 0.25) is 10.0 Å². The van der Waals surface area contributed by atoms with Crippen molar-refractivity contribution < 1.29 is 29.9 Å². The van der Waals surface area contributed by atoms with E-state index in [-0.39, 0.29) is 23.9 Å². The number of aromatic carboxylic acids is 1. The highest BCUT2D eigenvalue weighted by Gasteiger charge is 2.35. The van der Waals surface area contributed by atoms with Crippen LogP contribution in [0.25, 0.3) is 5.70 Å². The van der Waals surface area contributed by atoms with Gasteiger partial charge in [0.2, 0.25) is 0 Å². The molecule has 6 nitrogen and oxygen atoms in total. The summed E-state index contributed by atoms with van der Waals surface area (Å²) in [6, 6.07) is 15.6. The third-order valence-electron chi connectivity index (χ3n) is 6.49. The Bertz CT molecular complexity index is 1390. The number of Topliss-reactive ketones (excluding diaryl/α,β-unsaturated/α-hetero) is 1. The predicted molar refractivity (Wildman–Crippen MR) is 137 cm³/mol. The van der Waals surface area contributed by atoms with E-state index in [0.29, 0.717) is 44.1 Å². The topological polar surface area (TPSA) is 100 Å². The highest BCUT2D eigenvalue weighted by molar-refractivity contribution is 6.37. The van der Waals surface area contributed by atoms with Gasteiger partial charge >= 0.3 is 5.97 Å². The quantitative estimate of drug-likeness (QED) is 0.392. The van der Waals surface area contributed by atoms with Gasteiger partial charge < -0.3 is 20.3 Å². The van der Waals surface area contributed by atoms with Crippen molar-refractivity contribution in [3.63, 3.8) is 0 Å². The Morgan fingerprint density at radius 3 is 2.25 bits per heavy atom. The van der Waals surface area contributed by atoms with Crippen LogP contribution in [0.15, 0.2) is 60.2 Å². The average molecular weight is 525 g/mol. The zero-order valence-corrected chi connectivity index (χ0v) is 20.9. The van der Waals surface area contributed by atoms with Crippen molar-refractivity contribution in [1.29, 1.82) is 0 Å². The average Bonchev–Trinajstić information content (AvgIpc) is 3.70. The minimum absolute atomic E-state index is 0.00266. The van der Waals surface area contributed by atoms with Gasteiger partial charge in [0.05, 0.1) is 26.7 Å². The maximum Gasteiger partial charge on any atom is 0.335 e. The molecule has 2 aliphatic rings. The highest BCUT2D eigenvalue weighted by Crippen LogP contribution is 2.38. The molecule has 0 unspecified atom stereocenters. The van der Waals surface area contributed by atoms with E-state index in [0.717, 1.165) is 36.8 Å². The number of fused-ring (bicyclic) bond motifs is 2. The molecule has 1 aliphatic carbocycles. The van der Waals surface area contributed by atoms with E-state index in [2.05, 4.69) is 5.73 Å². The first-order valence-electron chi connectivity index (χ1n) is 11.7. The number of carboxylic acids is 1. The zero-order chi connectivity index (χ0) is 25.4. The lowest BCUT2D eigenvalue weighted by Gasteiger charge is -2.14. The van der Waals surface area contributed by atoms with Crippen molar-refractivity contribution >= 4 is 40.7 Å². The van der Waals surface area contributed by atoms with Crippen LogP contribution in [0, 0.1) is 5.92 Å². The first-order chi connectivity index (χ1) is 17.3. The van der Waals surface area contributed by atoms with Gasteiger partial charge in [-0.25, -0.2) is 4.79 Å². The van der Waals surface area contributed by atoms with Crippen molar-refractivity contribution in [2.24, 2.45) is 5.92 Å². The Morgan fingerprint density at radius 1 is 0.972 bits per heavy atom. The lowest BCUT2D eigenvalue weighted by atomic mass is 10.0. The van der Waals surface area contributed by atoms with Gasteiger partial charge in [-0.1, -0.05) is 41.4 Å². The van der Waals surface area contributed by atoms with Crippen LogP contribution in [0.4, 0.5) is 0 Å². The van der Waals surface area contributed by atoms with E-state index in [9.17, 15) is 14.7 Å². The second-order valence-electron chi connectivity index (χ2n) is 8.98. The number of hydrogen-bond acceptors (Lipinski definition) is 4. The second-order valence-corrected chi connectivity index (χ2v) is 9.79. The predicted octanol–water partition coefficient (Wildman–Crippen LogP) is 5.59. The maximum absolute atomic E-state index is 13.1. The van der Waals surface area contributed by atoms with Crippen LogP contribution in [0.3, 0.4) is 0 Å². The first kappa shape index (κ1) is 24.4. The molecule has 1 aliphatic heterocycles. The second kappa shape index (κ2) is 9.97. The Morgan fingerprint density at radius 2 is 1.61 bits per heavy atom. The minimum Gasteiger partial charge on any atom is -0.488 e. The summed E-state index contributed by atoms with van der Waals surface area (Å²) in [7, 11) is 0. The number of ether oxygens (including phenoxy) is 2. The summed E-state index contributed by atoms with van der Waals surface area (Å²) in [6.45, 7) is 0.00819. The van der Waals surface area contributed by atoms with E-state index < -0.39 is 5.97 Å². The van der Waals surface area contributed by atoms with Crippen LogP contribution >= 0.6 is 23.2 Å². The molecule has 1 saturated carbocycles. The molecule has 3 aromatic rings. The molecule has 8 heteroatoms. The Kier molecular flexibility index (Phi) is 6.75. The summed E-state index contributed by atoms with van der Waals surface area (Å²) < 4.78 is 12.2. The number of carbonyl (C=O) groups is 2. The molecule has 5 rings (SSSR count). The van der Waals surface area contributed by atoms with Gasteiger partial charge in [-0.05, 0) is 67.1 Å². The van der Waals surface area contributed by atoms with Crippen LogP contribution in [-0.4, -0.2) is 23.5 Å². The number of aryl methyl sites for hydroxylation is 2. The molecule has 0 bridgehead atoms. The monoisotopic (exact) mass is 524 g/mol. The SMILES string of the molecule is [NH3+]C(=C(COc1ccc2c(c1)Oc1cc(C(=O)O)ccc1CC2)C(=O)C1CC1)c1c(Cl)cccc1Cl. The van der Waals surface area contributed by atoms with Crippen molar-refractivity contribution in [2.45, 2.75) is 25.7 Å². The van der Waals surface area contributed by atoms with E-state index in [1.165, 1.54) is 6.07 Å². The number of carboxylic acid groups (broad SMARTS) is 1. The smallest absolute Gasteiger partial charge is 0.335 e. The molecule has 0 spiro atoms. The number of rotatable bonds is 7. The fourth-order valence-corrected chi connectivity index (χ4v) is 4.92. The van der Waals surface area contributed by atoms with Crippen molar-refractivity contribution in [3.8, 4) is 17.2 Å². The van der Waals surface area contributed by atoms with Crippen molar-refractivity contribution in [1.82, 2.24) is 0 Å². The van der Waals surface area contributed by atoms with Gasteiger partial charge in [0, 0.05) is 12.0 Å². The molecular formula is C28H24Cl2NO5+. The summed E-state index contributed by atoms with van der Waals surface area (Å²) in [4.78, 5) is 24.5. The summed E-state index contributed by atoms with van der Waals surface area (Å²) in [6.07, 6.45) is 3.16. The van der Waals surface area contributed by atoms with Gasteiger partial charge in [0.15, 0.2) is 5.78 Å². The first-order valence-corrected chi connectivity index (χ1v) is 12.4. The molecule has 1 heterocycles. The zero-order valence-electron chi connectivity index (χ0n) is 19.4. The summed E-state index contributed by atoms with van der Waals surface area (Å²) >= 11 is 12.8. The minimum atomic E-state index is -1.01. The fourth-order valence-electron chi connectivity index (χ4n) is 4.29. The molecule has 0 amide bonds. The molecule has 4 N–H and O–H groups in total. The molecular weight excluding hydrogens is 501 g/mol. The highest BCUT2D eigenvalue weighted by atomic mass is 35.5. The molecule has 3 aromatic carbocycles. The van der Waals surface area contributed by atoms with Gasteiger partial charge in [-0.2, -0.15) is 0 Å². The number of benzene rings is 3. The standard InChI is InChI=1S/C28H23Cl2NO5/c29-21-2-1-3-22(30)25(21)26(31)20(27(32)17-7-8-17)14-35-19-11-10-16-5-4-15-6-9-18(28(33)34)12-23(15)36-24(16)13-19/h1-3,6,9-13,17H,4-5,7-8,14,31H2,(H,33,34)/p+1. The Labute approximate surface area is 218 Å². The molecule has 0 aromatic heterocycles. The molecule has 184 valence electrons. The molecule has 0 radical (unpaired) electrons. The van der Waals surface area contributed by atoms with Crippen molar-refractivity contribution in [3.05, 3.63) is 92.5 Å². The number of carbonyl (C=O) groups excluding carboxylic acids is 1.